The van der Waals surface area contributed by atoms with Crippen molar-refractivity contribution in [1.82, 2.24) is 0 Å². The van der Waals surface area contributed by atoms with E-state index >= 15 is 0 Å². The molecule has 2 heteroatoms. The Morgan fingerprint density at radius 2 is 2.15 bits per heavy atom. The quantitative estimate of drug-likeness (QED) is 0.635. The third kappa shape index (κ3) is 1.26. The van der Waals surface area contributed by atoms with Crippen LogP contribution in [0.5, 0.6) is 0 Å². The van der Waals surface area contributed by atoms with Gasteiger partial charge in [0.15, 0.2) is 0 Å². The van der Waals surface area contributed by atoms with Crippen molar-refractivity contribution >= 4 is 6.29 Å². The smallest absolute Gasteiger partial charge is 0.130 e. The van der Waals surface area contributed by atoms with Crippen LogP contribution in [0, 0.1) is 12.7 Å². The fourth-order valence-corrected chi connectivity index (χ4v) is 1.77. The van der Waals surface area contributed by atoms with Gasteiger partial charge >= 0.3 is 0 Å². The molecule has 0 saturated heterocycles. The molecule has 0 spiro atoms. The summed E-state index contributed by atoms with van der Waals surface area (Å²) >= 11 is 0. The van der Waals surface area contributed by atoms with E-state index in [1.54, 1.807) is 6.07 Å². The summed E-state index contributed by atoms with van der Waals surface area (Å²) in [4.78, 5) is 10.8. The van der Waals surface area contributed by atoms with Gasteiger partial charge < -0.3 is 4.79 Å². The summed E-state index contributed by atoms with van der Waals surface area (Å²) in [5, 5.41) is 0. The molecule has 68 valence electrons. The standard InChI is InChI=1S/C11H11FO/c1-8-6-9(12)2-3-10(8)11(7-13)4-5-11/h2-3,6-7H,4-5H2,1H3. The van der Waals surface area contributed by atoms with E-state index in [4.69, 9.17) is 0 Å². The van der Waals surface area contributed by atoms with Crippen molar-refractivity contribution in [2.45, 2.75) is 25.2 Å². The first-order valence-electron chi connectivity index (χ1n) is 4.41. The summed E-state index contributed by atoms with van der Waals surface area (Å²) in [6.45, 7) is 1.85. The SMILES string of the molecule is Cc1cc(F)ccc1C1(C=O)CC1. The topological polar surface area (TPSA) is 17.1 Å². The van der Waals surface area contributed by atoms with Crippen LogP contribution in [-0.2, 0) is 10.2 Å². The van der Waals surface area contributed by atoms with Gasteiger partial charge in [0.25, 0.3) is 0 Å². The van der Waals surface area contributed by atoms with E-state index in [1.807, 2.05) is 6.92 Å². The van der Waals surface area contributed by atoms with Crippen LogP contribution in [-0.4, -0.2) is 6.29 Å². The van der Waals surface area contributed by atoms with E-state index in [0.717, 1.165) is 30.3 Å². The lowest BCUT2D eigenvalue weighted by atomic mass is 9.93. The van der Waals surface area contributed by atoms with Gasteiger partial charge in [0.1, 0.15) is 12.1 Å². The molecule has 1 aliphatic carbocycles. The maximum absolute atomic E-state index is 12.8. The number of hydrogen-bond acceptors (Lipinski definition) is 1. The largest absolute Gasteiger partial charge is 0.302 e. The number of carbonyl (C=O) groups excluding carboxylic acids is 1. The molecular weight excluding hydrogens is 167 g/mol. The highest BCUT2D eigenvalue weighted by Gasteiger charge is 2.45. The van der Waals surface area contributed by atoms with Crippen molar-refractivity contribution in [2.75, 3.05) is 0 Å². The second-order valence-corrected chi connectivity index (χ2v) is 3.73. The Bertz CT molecular complexity index is 353. The van der Waals surface area contributed by atoms with E-state index in [0.29, 0.717) is 0 Å². The van der Waals surface area contributed by atoms with Gasteiger partial charge in [0.05, 0.1) is 5.41 Å². The molecule has 1 nitrogen and oxygen atoms in total. The summed E-state index contributed by atoms with van der Waals surface area (Å²) in [6, 6.07) is 4.64. The number of rotatable bonds is 2. The van der Waals surface area contributed by atoms with Gasteiger partial charge in [-0.25, -0.2) is 4.39 Å². The Hall–Kier alpha value is -1.18. The third-order valence-electron chi connectivity index (χ3n) is 2.74. The van der Waals surface area contributed by atoms with Crippen LogP contribution in [0.15, 0.2) is 18.2 Å². The molecule has 0 heterocycles. The van der Waals surface area contributed by atoms with Crippen LogP contribution < -0.4 is 0 Å². The minimum absolute atomic E-state index is 0.233. The molecule has 13 heavy (non-hydrogen) atoms. The van der Waals surface area contributed by atoms with E-state index in [1.165, 1.54) is 12.1 Å². The molecule has 0 N–H and O–H groups in total. The average molecular weight is 178 g/mol. The maximum atomic E-state index is 12.8. The van der Waals surface area contributed by atoms with E-state index in [2.05, 4.69) is 0 Å². The van der Waals surface area contributed by atoms with Crippen molar-refractivity contribution in [1.29, 1.82) is 0 Å². The zero-order chi connectivity index (χ0) is 9.47. The first kappa shape index (κ1) is 8.42. The van der Waals surface area contributed by atoms with Crippen LogP contribution in [0.3, 0.4) is 0 Å². The number of halogens is 1. The molecule has 0 aromatic heterocycles. The maximum Gasteiger partial charge on any atom is 0.130 e. The molecule has 0 aliphatic heterocycles. The Morgan fingerprint density at radius 3 is 2.62 bits per heavy atom. The van der Waals surface area contributed by atoms with Gasteiger partial charge in [0, 0.05) is 0 Å². The van der Waals surface area contributed by atoms with Crippen LogP contribution in [0.4, 0.5) is 4.39 Å². The van der Waals surface area contributed by atoms with Crippen LogP contribution in [0.1, 0.15) is 24.0 Å². The predicted octanol–water partition coefficient (Wildman–Crippen LogP) is 2.36. The Kier molecular flexibility index (Phi) is 1.72. The highest BCUT2D eigenvalue weighted by molar-refractivity contribution is 5.73. The molecule has 0 unspecified atom stereocenters. The molecule has 1 aromatic carbocycles. The lowest BCUT2D eigenvalue weighted by molar-refractivity contribution is -0.109. The van der Waals surface area contributed by atoms with E-state index in [-0.39, 0.29) is 11.2 Å². The summed E-state index contributed by atoms with van der Waals surface area (Å²) < 4.78 is 12.8. The summed E-state index contributed by atoms with van der Waals surface area (Å²) in [5.74, 6) is -0.233. The third-order valence-corrected chi connectivity index (χ3v) is 2.74. The second kappa shape index (κ2) is 2.66. The lowest BCUT2D eigenvalue weighted by Gasteiger charge is -2.10. The van der Waals surface area contributed by atoms with Gasteiger partial charge in [-0.3, -0.25) is 0 Å². The molecule has 1 fully saturated rings. The van der Waals surface area contributed by atoms with Gasteiger partial charge in [-0.2, -0.15) is 0 Å². The molecule has 2 rings (SSSR count). The Labute approximate surface area is 76.6 Å². The average Bonchev–Trinajstić information content (AvgIpc) is 2.85. The number of benzene rings is 1. The molecule has 1 aromatic rings. The van der Waals surface area contributed by atoms with Gasteiger partial charge in [-0.05, 0) is 43.0 Å². The molecule has 0 radical (unpaired) electrons. The van der Waals surface area contributed by atoms with Crippen molar-refractivity contribution in [3.8, 4) is 0 Å². The van der Waals surface area contributed by atoms with E-state index in [9.17, 15) is 9.18 Å². The highest BCUT2D eigenvalue weighted by atomic mass is 19.1. The van der Waals surface area contributed by atoms with Crippen molar-refractivity contribution in [3.05, 3.63) is 35.1 Å². The first-order chi connectivity index (χ1) is 6.18. The zero-order valence-corrected chi connectivity index (χ0v) is 7.51. The van der Waals surface area contributed by atoms with Crippen LogP contribution >= 0.6 is 0 Å². The van der Waals surface area contributed by atoms with Crippen molar-refractivity contribution < 1.29 is 9.18 Å². The zero-order valence-electron chi connectivity index (χ0n) is 7.51. The highest BCUT2D eigenvalue weighted by Crippen LogP contribution is 2.47. The van der Waals surface area contributed by atoms with Gasteiger partial charge in [-0.15, -0.1) is 0 Å². The van der Waals surface area contributed by atoms with Crippen molar-refractivity contribution in [2.24, 2.45) is 0 Å². The number of aryl methyl sites for hydroxylation is 1. The fraction of sp³-hybridized carbons (Fsp3) is 0.364. The minimum atomic E-state index is -0.280. The molecule has 1 saturated carbocycles. The Morgan fingerprint density at radius 1 is 1.46 bits per heavy atom. The van der Waals surface area contributed by atoms with Gasteiger partial charge in [-0.1, -0.05) is 6.07 Å². The second-order valence-electron chi connectivity index (χ2n) is 3.73. The predicted molar refractivity (Wildman–Crippen MR) is 48.1 cm³/mol. The first-order valence-corrected chi connectivity index (χ1v) is 4.41. The summed E-state index contributed by atoms with van der Waals surface area (Å²) in [5.41, 5.74) is 1.59. The van der Waals surface area contributed by atoms with Crippen LogP contribution in [0.2, 0.25) is 0 Å². The number of aldehydes is 1. The summed E-state index contributed by atoms with van der Waals surface area (Å²) in [7, 11) is 0. The Balaban J connectivity index is 2.47. The molecule has 1 aliphatic rings. The molecule has 0 amide bonds. The number of carbonyl (C=O) groups is 1. The summed E-state index contributed by atoms with van der Waals surface area (Å²) in [6.07, 6.45) is 2.80. The van der Waals surface area contributed by atoms with E-state index < -0.39 is 0 Å². The fourth-order valence-electron chi connectivity index (χ4n) is 1.77. The monoisotopic (exact) mass is 178 g/mol. The minimum Gasteiger partial charge on any atom is -0.302 e. The van der Waals surface area contributed by atoms with Crippen LogP contribution in [0.25, 0.3) is 0 Å². The van der Waals surface area contributed by atoms with Gasteiger partial charge in [0.2, 0.25) is 0 Å². The lowest BCUT2D eigenvalue weighted by Crippen LogP contribution is -2.09. The van der Waals surface area contributed by atoms with Crippen molar-refractivity contribution in [3.63, 3.8) is 0 Å². The molecule has 0 atom stereocenters. The molecule has 0 bridgehead atoms. The number of hydrogen-bond donors (Lipinski definition) is 0. The molecular formula is C11H11FO. The normalized spacial score (nSPS) is 18.3.